The zero-order valence-corrected chi connectivity index (χ0v) is 12.9. The van der Waals surface area contributed by atoms with Crippen LogP contribution < -0.4 is 10.1 Å². The van der Waals surface area contributed by atoms with Gasteiger partial charge >= 0.3 is 0 Å². The monoisotopic (exact) mass is 300 g/mol. The summed E-state index contributed by atoms with van der Waals surface area (Å²) >= 11 is 0. The van der Waals surface area contributed by atoms with Gasteiger partial charge in [0.1, 0.15) is 17.4 Å². The summed E-state index contributed by atoms with van der Waals surface area (Å²) < 4.78 is 10.7. The molecule has 0 saturated carbocycles. The van der Waals surface area contributed by atoms with E-state index in [1.165, 1.54) is 0 Å². The van der Waals surface area contributed by atoms with Gasteiger partial charge in [-0.05, 0) is 43.0 Å². The number of hydrogen-bond donors (Lipinski definition) is 1. The molecule has 0 aromatic heterocycles. The van der Waals surface area contributed by atoms with E-state index in [9.17, 15) is 10.1 Å². The number of aryl methyl sites for hydroxylation is 1. The number of carbonyl (C=O) groups excluding carboxylic acids is 1. The van der Waals surface area contributed by atoms with Crippen LogP contribution in [0.15, 0.2) is 23.8 Å². The number of nitrogens with zero attached hydrogens (tertiary/aromatic N) is 1. The summed E-state index contributed by atoms with van der Waals surface area (Å²) in [6.45, 7) is 3.12. The number of nitrogens with one attached hydrogen (secondary N) is 1. The van der Waals surface area contributed by atoms with E-state index in [2.05, 4.69) is 5.32 Å². The third kappa shape index (κ3) is 4.09. The van der Waals surface area contributed by atoms with Crippen molar-refractivity contribution in [3.05, 3.63) is 34.9 Å². The summed E-state index contributed by atoms with van der Waals surface area (Å²) in [6, 6.07) is 7.49. The van der Waals surface area contributed by atoms with E-state index in [1.54, 1.807) is 19.3 Å². The molecule has 1 aliphatic rings. The fourth-order valence-corrected chi connectivity index (χ4v) is 2.35. The van der Waals surface area contributed by atoms with Gasteiger partial charge in [-0.15, -0.1) is 0 Å². The maximum absolute atomic E-state index is 12.1. The molecule has 1 aliphatic heterocycles. The highest BCUT2D eigenvalue weighted by atomic mass is 16.5. The van der Waals surface area contributed by atoms with E-state index >= 15 is 0 Å². The normalized spacial score (nSPS) is 17.9. The molecule has 1 fully saturated rings. The van der Waals surface area contributed by atoms with Crippen molar-refractivity contribution >= 4 is 12.0 Å². The molecule has 1 amide bonds. The molecular formula is C17H20N2O3. The average Bonchev–Trinajstić information content (AvgIpc) is 3.05. The van der Waals surface area contributed by atoms with Crippen molar-refractivity contribution in [3.63, 3.8) is 0 Å². The quantitative estimate of drug-likeness (QED) is 0.668. The Balaban J connectivity index is 2.06. The number of methoxy groups -OCH3 is 1. The van der Waals surface area contributed by atoms with E-state index in [0.29, 0.717) is 6.54 Å². The lowest BCUT2D eigenvalue weighted by Gasteiger charge is -2.10. The molecule has 1 atom stereocenters. The number of amides is 1. The Morgan fingerprint density at radius 1 is 1.59 bits per heavy atom. The van der Waals surface area contributed by atoms with Crippen LogP contribution in [0.1, 0.15) is 24.0 Å². The van der Waals surface area contributed by atoms with Gasteiger partial charge in [0.25, 0.3) is 5.91 Å². The molecule has 0 radical (unpaired) electrons. The molecular weight excluding hydrogens is 280 g/mol. The predicted molar refractivity (Wildman–Crippen MR) is 83.3 cm³/mol. The first-order valence-electron chi connectivity index (χ1n) is 7.30. The number of nitriles is 1. The lowest BCUT2D eigenvalue weighted by atomic mass is 10.1. The fraction of sp³-hybridized carbons (Fsp3) is 0.412. The first kappa shape index (κ1) is 16.1. The van der Waals surface area contributed by atoms with Gasteiger partial charge in [0, 0.05) is 13.2 Å². The van der Waals surface area contributed by atoms with Crippen molar-refractivity contribution in [2.24, 2.45) is 0 Å². The van der Waals surface area contributed by atoms with Crippen molar-refractivity contribution in [3.8, 4) is 11.8 Å². The Morgan fingerprint density at radius 2 is 2.41 bits per heavy atom. The van der Waals surface area contributed by atoms with Crippen LogP contribution >= 0.6 is 0 Å². The number of carbonyl (C=O) groups is 1. The van der Waals surface area contributed by atoms with Crippen molar-refractivity contribution in [1.82, 2.24) is 5.32 Å². The van der Waals surface area contributed by atoms with E-state index in [1.807, 2.05) is 25.1 Å². The van der Waals surface area contributed by atoms with Crippen LogP contribution in [0.3, 0.4) is 0 Å². The first-order valence-corrected chi connectivity index (χ1v) is 7.30. The SMILES string of the molecule is COc1cc(/C=C(\C#N)C(=O)NC[C@@H]2CCCO2)ccc1C. The molecule has 1 aromatic rings. The Hall–Kier alpha value is -2.32. The van der Waals surface area contributed by atoms with Gasteiger partial charge in [0.15, 0.2) is 0 Å². The summed E-state index contributed by atoms with van der Waals surface area (Å²) in [6.07, 6.45) is 3.58. The molecule has 0 unspecified atom stereocenters. The molecule has 1 aromatic carbocycles. The molecule has 0 bridgehead atoms. The second kappa shape index (κ2) is 7.62. The molecule has 116 valence electrons. The lowest BCUT2D eigenvalue weighted by Crippen LogP contribution is -2.32. The Labute approximate surface area is 130 Å². The molecule has 1 saturated heterocycles. The molecule has 2 rings (SSSR count). The lowest BCUT2D eigenvalue weighted by molar-refractivity contribution is -0.117. The Morgan fingerprint density at radius 3 is 3.05 bits per heavy atom. The number of rotatable bonds is 5. The van der Waals surface area contributed by atoms with Crippen LogP contribution in [-0.4, -0.2) is 32.3 Å². The summed E-state index contributed by atoms with van der Waals surface area (Å²) in [4.78, 5) is 12.1. The molecule has 22 heavy (non-hydrogen) atoms. The Kier molecular flexibility index (Phi) is 5.56. The smallest absolute Gasteiger partial charge is 0.262 e. The van der Waals surface area contributed by atoms with Gasteiger partial charge in [-0.25, -0.2) is 0 Å². The standard InChI is InChI=1S/C17H20N2O3/c1-12-5-6-13(9-16(12)21-2)8-14(10-18)17(20)19-11-15-4-3-7-22-15/h5-6,8-9,15H,3-4,7,11H2,1-2H3,(H,19,20)/b14-8+/t15-/m0/s1. The van der Waals surface area contributed by atoms with E-state index in [-0.39, 0.29) is 17.6 Å². The number of ether oxygens (including phenoxy) is 2. The highest BCUT2D eigenvalue weighted by Gasteiger charge is 2.17. The maximum atomic E-state index is 12.1. The van der Waals surface area contributed by atoms with Crippen molar-refractivity contribution in [2.75, 3.05) is 20.3 Å². The zero-order valence-electron chi connectivity index (χ0n) is 12.9. The van der Waals surface area contributed by atoms with Crippen LogP contribution in [0, 0.1) is 18.3 Å². The van der Waals surface area contributed by atoms with Crippen molar-refractivity contribution < 1.29 is 14.3 Å². The summed E-state index contributed by atoms with van der Waals surface area (Å²) in [5, 5.41) is 11.9. The van der Waals surface area contributed by atoms with Gasteiger partial charge in [0.05, 0.1) is 13.2 Å². The highest BCUT2D eigenvalue weighted by molar-refractivity contribution is 6.01. The van der Waals surface area contributed by atoms with Gasteiger partial charge in [-0.3, -0.25) is 4.79 Å². The highest BCUT2D eigenvalue weighted by Crippen LogP contribution is 2.20. The third-order valence-electron chi connectivity index (χ3n) is 3.62. The molecule has 0 spiro atoms. The van der Waals surface area contributed by atoms with E-state index in [4.69, 9.17) is 9.47 Å². The maximum Gasteiger partial charge on any atom is 0.262 e. The minimum atomic E-state index is -0.377. The van der Waals surface area contributed by atoms with Crippen LogP contribution in [0.2, 0.25) is 0 Å². The van der Waals surface area contributed by atoms with Gasteiger partial charge in [0.2, 0.25) is 0 Å². The molecule has 1 N–H and O–H groups in total. The summed E-state index contributed by atoms with van der Waals surface area (Å²) in [5.74, 6) is 0.350. The second-order valence-corrected chi connectivity index (χ2v) is 5.24. The minimum Gasteiger partial charge on any atom is -0.496 e. The van der Waals surface area contributed by atoms with Crippen molar-refractivity contribution in [2.45, 2.75) is 25.9 Å². The molecule has 5 nitrogen and oxygen atoms in total. The van der Waals surface area contributed by atoms with Crippen LogP contribution in [0.4, 0.5) is 0 Å². The van der Waals surface area contributed by atoms with Crippen molar-refractivity contribution in [1.29, 1.82) is 5.26 Å². The third-order valence-corrected chi connectivity index (χ3v) is 3.62. The van der Waals surface area contributed by atoms with Crippen LogP contribution in [0.5, 0.6) is 5.75 Å². The average molecular weight is 300 g/mol. The van der Waals surface area contributed by atoms with Gasteiger partial charge < -0.3 is 14.8 Å². The van der Waals surface area contributed by atoms with Gasteiger partial charge in [-0.1, -0.05) is 12.1 Å². The first-order chi connectivity index (χ1) is 10.6. The second-order valence-electron chi connectivity index (χ2n) is 5.24. The predicted octanol–water partition coefficient (Wildman–Crippen LogP) is 2.21. The molecule has 0 aliphatic carbocycles. The Bertz CT molecular complexity index is 611. The topological polar surface area (TPSA) is 71.3 Å². The largest absolute Gasteiger partial charge is 0.496 e. The minimum absolute atomic E-state index is 0.0587. The van der Waals surface area contributed by atoms with E-state index in [0.717, 1.165) is 36.3 Å². The number of hydrogen-bond acceptors (Lipinski definition) is 4. The van der Waals surface area contributed by atoms with Crippen LogP contribution in [-0.2, 0) is 9.53 Å². The van der Waals surface area contributed by atoms with E-state index < -0.39 is 0 Å². The van der Waals surface area contributed by atoms with Crippen LogP contribution in [0.25, 0.3) is 6.08 Å². The zero-order chi connectivity index (χ0) is 15.9. The van der Waals surface area contributed by atoms with Gasteiger partial charge in [-0.2, -0.15) is 5.26 Å². The summed E-state index contributed by atoms with van der Waals surface area (Å²) in [7, 11) is 1.59. The molecule has 1 heterocycles. The number of benzene rings is 1. The molecule has 5 heteroatoms. The summed E-state index contributed by atoms with van der Waals surface area (Å²) in [5.41, 5.74) is 1.83. The fourth-order valence-electron chi connectivity index (χ4n) is 2.35.